The molecule has 1 aliphatic rings. The number of aromatic amines is 1. The Labute approximate surface area is 176 Å². The van der Waals surface area contributed by atoms with Crippen molar-refractivity contribution in [2.24, 2.45) is 5.92 Å². The highest BCUT2D eigenvalue weighted by atomic mass is 35.5. The van der Waals surface area contributed by atoms with Gasteiger partial charge in [-0.15, -0.1) is 0 Å². The molecule has 1 atom stereocenters. The van der Waals surface area contributed by atoms with Gasteiger partial charge in [-0.2, -0.15) is 0 Å². The summed E-state index contributed by atoms with van der Waals surface area (Å²) < 4.78 is 32.3. The first-order valence-corrected chi connectivity index (χ1v) is 11.5. The Bertz CT molecular complexity index is 1150. The first kappa shape index (κ1) is 20.0. The molecule has 0 spiro atoms. The summed E-state index contributed by atoms with van der Waals surface area (Å²) >= 11 is 6.28. The van der Waals surface area contributed by atoms with Gasteiger partial charge in [-0.1, -0.05) is 18.5 Å². The van der Waals surface area contributed by atoms with Crippen molar-refractivity contribution in [2.45, 2.75) is 29.6 Å². The van der Waals surface area contributed by atoms with E-state index in [1.165, 1.54) is 0 Å². The summed E-state index contributed by atoms with van der Waals surface area (Å²) in [4.78, 5) is 5.84. The molecule has 0 aliphatic carbocycles. The van der Waals surface area contributed by atoms with Crippen LogP contribution < -0.4 is 14.6 Å². The molecule has 0 bridgehead atoms. The van der Waals surface area contributed by atoms with Crippen LogP contribution in [0.2, 0.25) is 5.02 Å². The maximum Gasteiger partial charge on any atom is 0.214 e. The summed E-state index contributed by atoms with van der Waals surface area (Å²) in [7, 11) is -2.18. The fourth-order valence-corrected chi connectivity index (χ4v) is 5.62. The largest absolute Gasteiger partial charge is 0.497 e. The Morgan fingerprint density at radius 1 is 1.17 bits per heavy atom. The topological polar surface area (TPSA) is 60.8 Å². The molecule has 4 rings (SSSR count). The summed E-state index contributed by atoms with van der Waals surface area (Å²) in [5, 5.41) is 1.40. The van der Waals surface area contributed by atoms with Gasteiger partial charge >= 0.3 is 0 Å². The molecule has 1 aromatic heterocycles. The smallest absolute Gasteiger partial charge is 0.214 e. The zero-order valence-electron chi connectivity index (χ0n) is 16.5. The van der Waals surface area contributed by atoms with Gasteiger partial charge in [0.2, 0.25) is 15.4 Å². The van der Waals surface area contributed by atoms with Crippen molar-refractivity contribution >= 4 is 38.0 Å². The second-order valence-electron chi connectivity index (χ2n) is 7.56. The van der Waals surface area contributed by atoms with E-state index in [2.05, 4.69) is 16.8 Å². The highest BCUT2D eigenvalue weighted by Gasteiger charge is 2.31. The second-order valence-corrected chi connectivity index (χ2v) is 9.92. The monoisotopic (exact) mass is 431 g/mol. The fraction of sp³-hybridized carbons (Fsp3) is 0.318. The minimum absolute atomic E-state index is 0.236. The van der Waals surface area contributed by atoms with Crippen LogP contribution in [0.15, 0.2) is 58.5 Å². The van der Waals surface area contributed by atoms with Crippen molar-refractivity contribution in [2.75, 3.05) is 25.1 Å². The number of aromatic nitrogens is 1. The highest BCUT2D eigenvalue weighted by Crippen LogP contribution is 2.37. The average Bonchev–Trinajstić information content (AvgIpc) is 2.72. The molecule has 1 fully saturated rings. The number of pyridine rings is 1. The van der Waals surface area contributed by atoms with Gasteiger partial charge in [0.15, 0.2) is 11.1 Å². The molecule has 1 N–H and O–H groups in total. The SMILES string of the molecule is COc1ccc(S(=O)(=O)c2c[nH+]c3ccc(Cl)cc3c2N2CCC[C@H](C)C2)cc1. The van der Waals surface area contributed by atoms with Gasteiger partial charge in [0.25, 0.3) is 0 Å². The molecule has 0 unspecified atom stereocenters. The third-order valence-corrected chi connectivity index (χ3v) is 7.48. The lowest BCUT2D eigenvalue weighted by Crippen LogP contribution is -2.35. The summed E-state index contributed by atoms with van der Waals surface area (Å²) in [6.45, 7) is 3.84. The third kappa shape index (κ3) is 3.79. The van der Waals surface area contributed by atoms with Gasteiger partial charge in [-0.3, -0.25) is 0 Å². The molecule has 1 saturated heterocycles. The molecule has 7 heteroatoms. The van der Waals surface area contributed by atoms with E-state index in [0.29, 0.717) is 16.7 Å². The van der Waals surface area contributed by atoms with E-state index in [-0.39, 0.29) is 9.79 Å². The van der Waals surface area contributed by atoms with Crippen LogP contribution in [-0.4, -0.2) is 28.6 Å². The van der Waals surface area contributed by atoms with E-state index in [4.69, 9.17) is 16.3 Å². The van der Waals surface area contributed by atoms with Gasteiger partial charge in [-0.25, -0.2) is 13.4 Å². The predicted octanol–water partition coefficient (Wildman–Crippen LogP) is 4.39. The van der Waals surface area contributed by atoms with Gasteiger partial charge in [0, 0.05) is 24.2 Å². The number of fused-ring (bicyclic) bond motifs is 1. The summed E-state index contributed by atoms with van der Waals surface area (Å²) in [6.07, 6.45) is 3.78. The van der Waals surface area contributed by atoms with Gasteiger partial charge in [0.1, 0.15) is 5.75 Å². The van der Waals surface area contributed by atoms with E-state index in [1.54, 1.807) is 43.6 Å². The molecule has 0 radical (unpaired) electrons. The molecule has 152 valence electrons. The molecule has 0 amide bonds. The number of piperidine rings is 1. The molecule has 5 nitrogen and oxygen atoms in total. The van der Waals surface area contributed by atoms with Crippen LogP contribution in [0, 0.1) is 5.92 Å². The zero-order chi connectivity index (χ0) is 20.6. The van der Waals surface area contributed by atoms with Crippen LogP contribution in [0.4, 0.5) is 5.69 Å². The lowest BCUT2D eigenvalue weighted by molar-refractivity contribution is -0.347. The maximum absolute atomic E-state index is 13.6. The summed E-state index contributed by atoms with van der Waals surface area (Å²) in [6, 6.07) is 12.0. The molecule has 3 aromatic rings. The van der Waals surface area contributed by atoms with Crippen molar-refractivity contribution in [1.82, 2.24) is 0 Å². The molecule has 29 heavy (non-hydrogen) atoms. The number of rotatable bonds is 4. The number of nitrogens with zero attached hydrogens (tertiary/aromatic N) is 1. The number of hydrogen-bond acceptors (Lipinski definition) is 4. The first-order chi connectivity index (χ1) is 13.9. The maximum atomic E-state index is 13.6. The molecule has 0 saturated carbocycles. The molecular weight excluding hydrogens is 408 g/mol. The summed E-state index contributed by atoms with van der Waals surface area (Å²) in [5.41, 5.74) is 1.58. The van der Waals surface area contributed by atoms with Crippen LogP contribution in [0.5, 0.6) is 5.75 Å². The number of sulfone groups is 1. The minimum Gasteiger partial charge on any atom is -0.497 e. The minimum atomic E-state index is -3.74. The van der Waals surface area contributed by atoms with E-state index in [1.807, 2.05) is 12.1 Å². The van der Waals surface area contributed by atoms with Gasteiger partial charge in [0.05, 0.1) is 23.1 Å². The van der Waals surface area contributed by atoms with Crippen LogP contribution in [0.3, 0.4) is 0 Å². The Balaban J connectivity index is 1.94. The second kappa shape index (κ2) is 7.84. The van der Waals surface area contributed by atoms with Crippen molar-refractivity contribution in [3.05, 3.63) is 53.7 Å². The average molecular weight is 432 g/mol. The summed E-state index contributed by atoms with van der Waals surface area (Å²) in [5.74, 6) is 1.12. The fourth-order valence-electron chi connectivity index (χ4n) is 3.99. The van der Waals surface area contributed by atoms with E-state index in [9.17, 15) is 8.42 Å². The number of methoxy groups -OCH3 is 1. The Morgan fingerprint density at radius 2 is 1.93 bits per heavy atom. The van der Waals surface area contributed by atoms with E-state index < -0.39 is 9.84 Å². The lowest BCUT2D eigenvalue weighted by Gasteiger charge is -2.34. The standard InChI is InChI=1S/C22H23ClN2O3S/c1-15-4-3-11-25(14-15)22-19-12-16(23)5-10-20(19)24-13-21(22)29(26,27)18-8-6-17(28-2)7-9-18/h5-10,12-13,15H,3-4,11,14H2,1-2H3/p+1/t15-/m0/s1. The van der Waals surface area contributed by atoms with Crippen LogP contribution in [-0.2, 0) is 9.84 Å². The van der Waals surface area contributed by atoms with E-state index >= 15 is 0 Å². The number of nitrogens with one attached hydrogen (secondary N) is 1. The van der Waals surface area contributed by atoms with Crippen molar-refractivity contribution in [3.8, 4) is 5.75 Å². The Morgan fingerprint density at radius 3 is 2.62 bits per heavy atom. The predicted molar refractivity (Wildman–Crippen MR) is 115 cm³/mol. The Kier molecular flexibility index (Phi) is 5.40. The van der Waals surface area contributed by atoms with E-state index in [0.717, 1.165) is 42.5 Å². The number of hydrogen-bond donors (Lipinski definition) is 0. The molecule has 1 aliphatic heterocycles. The highest BCUT2D eigenvalue weighted by molar-refractivity contribution is 7.91. The number of benzene rings is 2. The number of H-pyrrole nitrogens is 1. The number of ether oxygens (including phenoxy) is 1. The molecule has 2 aromatic carbocycles. The molecular formula is C22H24ClN2O3S+. The zero-order valence-corrected chi connectivity index (χ0v) is 18.1. The lowest BCUT2D eigenvalue weighted by atomic mass is 9.99. The van der Waals surface area contributed by atoms with Crippen molar-refractivity contribution in [1.29, 1.82) is 0 Å². The van der Waals surface area contributed by atoms with Gasteiger partial charge < -0.3 is 9.64 Å². The van der Waals surface area contributed by atoms with Crippen molar-refractivity contribution < 1.29 is 18.1 Å². The Hall–Kier alpha value is -2.31. The van der Waals surface area contributed by atoms with Crippen molar-refractivity contribution in [3.63, 3.8) is 0 Å². The molecule has 2 heterocycles. The quantitative estimate of drug-likeness (QED) is 0.614. The number of halogens is 1. The number of anilines is 1. The van der Waals surface area contributed by atoms with Crippen LogP contribution in [0.1, 0.15) is 19.8 Å². The first-order valence-electron chi connectivity index (χ1n) is 9.68. The van der Waals surface area contributed by atoms with Crippen LogP contribution in [0.25, 0.3) is 10.9 Å². The van der Waals surface area contributed by atoms with Crippen LogP contribution >= 0.6 is 11.6 Å². The third-order valence-electron chi connectivity index (χ3n) is 5.46. The van der Waals surface area contributed by atoms with Gasteiger partial charge in [-0.05, 0) is 55.2 Å². The normalized spacial score (nSPS) is 17.5.